The number of hydrogen-bond donors (Lipinski definition) is 2. The van der Waals surface area contributed by atoms with Gasteiger partial charge in [0, 0.05) is 23.5 Å². The monoisotopic (exact) mass is 372 g/mol. The lowest BCUT2D eigenvalue weighted by atomic mass is 9.94. The third-order valence-electron chi connectivity index (χ3n) is 5.56. The largest absolute Gasteiger partial charge is 0.348 e. The van der Waals surface area contributed by atoms with E-state index in [-0.39, 0.29) is 11.9 Å². The minimum atomic E-state index is -0.0168. The average Bonchev–Trinajstić information content (AvgIpc) is 3.37. The van der Waals surface area contributed by atoms with Crippen molar-refractivity contribution >= 4 is 17.5 Å². The molecule has 1 saturated heterocycles. The lowest BCUT2D eigenvalue weighted by molar-refractivity contribution is 0.0914. The van der Waals surface area contributed by atoms with Crippen molar-refractivity contribution in [1.82, 2.24) is 20.4 Å². The molecule has 1 aromatic heterocycles. The van der Waals surface area contributed by atoms with E-state index in [2.05, 4.69) is 22.7 Å². The second-order valence-corrected chi connectivity index (χ2v) is 8.02. The van der Waals surface area contributed by atoms with Gasteiger partial charge in [-0.1, -0.05) is 24.6 Å². The zero-order valence-electron chi connectivity index (χ0n) is 15.3. The Morgan fingerprint density at radius 2 is 2.15 bits per heavy atom. The number of carbonyl (C=O) groups excluding carboxylic acids is 1. The molecule has 0 spiro atoms. The van der Waals surface area contributed by atoms with Crippen molar-refractivity contribution in [3.05, 3.63) is 46.2 Å². The van der Waals surface area contributed by atoms with Gasteiger partial charge in [0.2, 0.25) is 0 Å². The lowest BCUT2D eigenvalue weighted by Crippen LogP contribution is -2.50. The zero-order valence-corrected chi connectivity index (χ0v) is 16.0. The molecule has 1 aliphatic heterocycles. The van der Waals surface area contributed by atoms with Gasteiger partial charge in [-0.25, -0.2) is 4.68 Å². The Balaban J connectivity index is 1.63. The number of halogens is 1. The Kier molecular flexibility index (Phi) is 4.76. The van der Waals surface area contributed by atoms with Gasteiger partial charge >= 0.3 is 0 Å². The summed E-state index contributed by atoms with van der Waals surface area (Å²) in [6, 6.07) is 6.09. The molecule has 2 heterocycles. The summed E-state index contributed by atoms with van der Waals surface area (Å²) in [5.41, 5.74) is 3.65. The number of benzene rings is 1. The summed E-state index contributed by atoms with van der Waals surface area (Å²) in [4.78, 5) is 13.0. The van der Waals surface area contributed by atoms with Crippen LogP contribution in [-0.2, 0) is 0 Å². The third kappa shape index (κ3) is 3.38. The molecule has 1 aromatic carbocycles. The van der Waals surface area contributed by atoms with Crippen molar-refractivity contribution in [2.75, 3.05) is 13.1 Å². The second kappa shape index (κ2) is 7.05. The summed E-state index contributed by atoms with van der Waals surface area (Å²) in [5.74, 6) is 0.868. The maximum atomic E-state index is 13.0. The smallest absolute Gasteiger partial charge is 0.255 e. The molecular weight excluding hydrogens is 348 g/mol. The van der Waals surface area contributed by atoms with E-state index in [9.17, 15) is 4.79 Å². The fourth-order valence-corrected chi connectivity index (χ4v) is 3.81. The highest BCUT2D eigenvalue weighted by molar-refractivity contribution is 6.31. The molecule has 4 rings (SSSR count). The first-order chi connectivity index (χ1) is 12.5. The van der Waals surface area contributed by atoms with Crippen molar-refractivity contribution in [1.29, 1.82) is 0 Å². The van der Waals surface area contributed by atoms with Crippen LogP contribution in [0.1, 0.15) is 53.7 Å². The van der Waals surface area contributed by atoms with Gasteiger partial charge in [0.05, 0.1) is 23.1 Å². The van der Waals surface area contributed by atoms with Crippen LogP contribution in [0.2, 0.25) is 5.02 Å². The van der Waals surface area contributed by atoms with Crippen LogP contribution in [0, 0.1) is 12.8 Å². The fraction of sp³-hybridized carbons (Fsp3) is 0.500. The van der Waals surface area contributed by atoms with E-state index in [1.54, 1.807) is 6.20 Å². The summed E-state index contributed by atoms with van der Waals surface area (Å²) >= 11 is 6.30. The molecule has 0 radical (unpaired) electrons. The highest BCUT2D eigenvalue weighted by atomic mass is 35.5. The van der Waals surface area contributed by atoms with Crippen molar-refractivity contribution in [2.24, 2.45) is 5.92 Å². The van der Waals surface area contributed by atoms with Gasteiger partial charge in [0.25, 0.3) is 5.91 Å². The number of nitrogens with zero attached hydrogens (tertiary/aromatic N) is 2. The van der Waals surface area contributed by atoms with E-state index in [1.165, 1.54) is 0 Å². The number of nitrogens with one attached hydrogen (secondary N) is 2. The molecule has 5 nitrogen and oxygen atoms in total. The first-order valence-corrected chi connectivity index (χ1v) is 9.78. The molecule has 2 N–H and O–H groups in total. The Morgan fingerprint density at radius 3 is 2.85 bits per heavy atom. The fourth-order valence-electron chi connectivity index (χ4n) is 3.63. The van der Waals surface area contributed by atoms with E-state index in [4.69, 9.17) is 11.6 Å². The first-order valence-electron chi connectivity index (χ1n) is 9.40. The van der Waals surface area contributed by atoms with Gasteiger partial charge < -0.3 is 10.6 Å². The second-order valence-electron chi connectivity index (χ2n) is 7.61. The molecule has 2 atom stereocenters. The Bertz CT molecular complexity index is 827. The van der Waals surface area contributed by atoms with E-state index < -0.39 is 0 Å². The SMILES string of the molecule is Cc1ccc(-n2ncc(C(=O)NC3CNCCC3C)c2C2CC2)cc1Cl. The molecule has 1 aliphatic carbocycles. The average molecular weight is 373 g/mol. The number of amides is 1. The van der Waals surface area contributed by atoms with Crippen LogP contribution in [-0.4, -0.2) is 34.8 Å². The van der Waals surface area contributed by atoms with E-state index >= 15 is 0 Å². The van der Waals surface area contributed by atoms with Crippen LogP contribution >= 0.6 is 11.6 Å². The molecule has 6 heteroatoms. The molecule has 1 amide bonds. The highest BCUT2D eigenvalue weighted by Gasteiger charge is 2.34. The molecule has 2 aliphatic rings. The molecule has 2 fully saturated rings. The van der Waals surface area contributed by atoms with Gasteiger partial charge in [0.1, 0.15) is 0 Å². The quantitative estimate of drug-likeness (QED) is 0.864. The van der Waals surface area contributed by atoms with Gasteiger partial charge in [-0.05, 0) is 56.3 Å². The predicted molar refractivity (Wildman–Crippen MR) is 103 cm³/mol. The predicted octanol–water partition coefficient (Wildman–Crippen LogP) is 3.44. The van der Waals surface area contributed by atoms with Crippen LogP contribution in [0.5, 0.6) is 0 Å². The Morgan fingerprint density at radius 1 is 1.35 bits per heavy atom. The summed E-state index contributed by atoms with van der Waals surface area (Å²) in [5, 5.41) is 11.8. The molecule has 26 heavy (non-hydrogen) atoms. The van der Waals surface area contributed by atoms with Crippen LogP contribution in [0.4, 0.5) is 0 Å². The number of rotatable bonds is 4. The van der Waals surface area contributed by atoms with E-state index in [1.807, 2.05) is 29.8 Å². The Labute approximate surface area is 159 Å². The van der Waals surface area contributed by atoms with Crippen LogP contribution in [0.25, 0.3) is 5.69 Å². The molecule has 1 saturated carbocycles. The molecule has 138 valence electrons. The highest BCUT2D eigenvalue weighted by Crippen LogP contribution is 2.42. The number of piperidine rings is 1. The number of aryl methyl sites for hydroxylation is 1. The van der Waals surface area contributed by atoms with Gasteiger partial charge in [-0.3, -0.25) is 4.79 Å². The van der Waals surface area contributed by atoms with E-state index in [0.29, 0.717) is 22.4 Å². The van der Waals surface area contributed by atoms with Crippen LogP contribution in [0.3, 0.4) is 0 Å². The molecular formula is C20H25ClN4O. The number of hydrogen-bond acceptors (Lipinski definition) is 3. The number of carbonyl (C=O) groups is 1. The summed E-state index contributed by atoms with van der Waals surface area (Å²) in [6.07, 6.45) is 5.00. The molecule has 2 unspecified atom stereocenters. The summed E-state index contributed by atoms with van der Waals surface area (Å²) < 4.78 is 1.89. The van der Waals surface area contributed by atoms with Crippen molar-refractivity contribution in [3.63, 3.8) is 0 Å². The molecule has 0 bridgehead atoms. The Hall–Kier alpha value is -1.85. The maximum Gasteiger partial charge on any atom is 0.255 e. The van der Waals surface area contributed by atoms with E-state index in [0.717, 1.165) is 49.3 Å². The van der Waals surface area contributed by atoms with Gasteiger partial charge in [0.15, 0.2) is 0 Å². The summed E-state index contributed by atoms with van der Waals surface area (Å²) in [7, 11) is 0. The molecule has 2 aromatic rings. The van der Waals surface area contributed by atoms with Crippen molar-refractivity contribution in [3.8, 4) is 5.69 Å². The topological polar surface area (TPSA) is 59.0 Å². The first kappa shape index (κ1) is 17.6. The zero-order chi connectivity index (χ0) is 18.3. The third-order valence-corrected chi connectivity index (χ3v) is 5.97. The normalized spacial score (nSPS) is 23.0. The minimum absolute atomic E-state index is 0.0168. The standard InChI is InChI=1S/C20H25ClN4O/c1-12-3-6-15(9-17(12)21)25-19(14-4-5-14)16(10-23-25)20(26)24-18-11-22-8-7-13(18)2/h3,6,9-10,13-14,18,22H,4-5,7-8,11H2,1-2H3,(H,24,26). The minimum Gasteiger partial charge on any atom is -0.348 e. The number of aromatic nitrogens is 2. The van der Waals surface area contributed by atoms with Crippen LogP contribution < -0.4 is 10.6 Å². The lowest BCUT2D eigenvalue weighted by Gasteiger charge is -2.30. The summed E-state index contributed by atoms with van der Waals surface area (Å²) in [6.45, 7) is 6.03. The van der Waals surface area contributed by atoms with Gasteiger partial charge in [-0.2, -0.15) is 5.10 Å². The van der Waals surface area contributed by atoms with Crippen LogP contribution in [0.15, 0.2) is 24.4 Å². The van der Waals surface area contributed by atoms with Gasteiger partial charge in [-0.15, -0.1) is 0 Å². The van der Waals surface area contributed by atoms with Crippen molar-refractivity contribution < 1.29 is 4.79 Å². The van der Waals surface area contributed by atoms with Crippen molar-refractivity contribution in [2.45, 2.75) is 45.1 Å². The maximum absolute atomic E-state index is 13.0.